The second-order valence-electron chi connectivity index (χ2n) is 7.27. The molecule has 1 aromatic carbocycles. The van der Waals surface area contributed by atoms with Crippen LogP contribution in [-0.4, -0.2) is 53.3 Å². The van der Waals surface area contributed by atoms with Crippen LogP contribution in [0.3, 0.4) is 0 Å². The summed E-state index contributed by atoms with van der Waals surface area (Å²) in [6.45, 7) is 9.20. The molecular weight excluding hydrogens is 366 g/mol. The average molecular weight is 392 g/mol. The third-order valence-corrected chi connectivity index (χ3v) is 6.31. The molecule has 1 aliphatic rings. The number of H-pyrrole nitrogens is 1. The highest BCUT2D eigenvalue weighted by atomic mass is 32.2. The van der Waals surface area contributed by atoms with Crippen molar-refractivity contribution >= 4 is 28.4 Å². The zero-order valence-corrected chi connectivity index (χ0v) is 17.2. The van der Waals surface area contributed by atoms with Gasteiger partial charge in [-0.2, -0.15) is 5.26 Å². The smallest absolute Gasteiger partial charge is 0.114 e. The minimum Gasteiger partial charge on any atom is -0.368 e. The summed E-state index contributed by atoms with van der Waals surface area (Å²) in [5, 5.41) is 11.6. The van der Waals surface area contributed by atoms with Gasteiger partial charge in [-0.1, -0.05) is 6.07 Å². The number of pyridine rings is 1. The van der Waals surface area contributed by atoms with Crippen LogP contribution in [0.15, 0.2) is 41.6 Å². The molecule has 5 nitrogen and oxygen atoms in total. The van der Waals surface area contributed by atoms with Crippen LogP contribution in [0.25, 0.3) is 10.9 Å². The lowest BCUT2D eigenvalue weighted by Gasteiger charge is -2.36. The second kappa shape index (κ2) is 8.26. The van der Waals surface area contributed by atoms with E-state index in [4.69, 9.17) is 0 Å². The number of nitrogens with zero attached hydrogens (tertiary/aromatic N) is 4. The van der Waals surface area contributed by atoms with E-state index in [9.17, 15) is 5.26 Å². The van der Waals surface area contributed by atoms with E-state index < -0.39 is 0 Å². The Balaban J connectivity index is 1.32. The summed E-state index contributed by atoms with van der Waals surface area (Å²) >= 11 is 1.70. The molecule has 0 aliphatic carbocycles. The van der Waals surface area contributed by atoms with E-state index in [2.05, 4.69) is 50.1 Å². The zero-order chi connectivity index (χ0) is 19.5. The van der Waals surface area contributed by atoms with Crippen molar-refractivity contribution in [3.63, 3.8) is 0 Å². The molecule has 1 saturated heterocycles. The third kappa shape index (κ3) is 3.87. The van der Waals surface area contributed by atoms with Gasteiger partial charge in [-0.05, 0) is 43.7 Å². The molecule has 2 aromatic heterocycles. The molecule has 0 unspecified atom stereocenters. The van der Waals surface area contributed by atoms with Crippen molar-refractivity contribution in [3.05, 3.63) is 53.3 Å². The number of piperazine rings is 1. The van der Waals surface area contributed by atoms with Gasteiger partial charge in [0.2, 0.25) is 0 Å². The molecule has 3 heterocycles. The van der Waals surface area contributed by atoms with Crippen LogP contribution in [0.2, 0.25) is 0 Å². The van der Waals surface area contributed by atoms with Gasteiger partial charge in [0.15, 0.2) is 0 Å². The Kier molecular flexibility index (Phi) is 5.56. The van der Waals surface area contributed by atoms with Crippen molar-refractivity contribution in [1.82, 2.24) is 14.9 Å². The number of nitriles is 1. The number of rotatable bonds is 5. The largest absolute Gasteiger partial charge is 0.368 e. The van der Waals surface area contributed by atoms with Gasteiger partial charge in [0.05, 0.1) is 5.56 Å². The molecule has 3 aromatic rings. The molecule has 0 radical (unpaired) electrons. The number of benzene rings is 1. The number of hydrogen-bond acceptors (Lipinski definition) is 5. The zero-order valence-electron chi connectivity index (χ0n) is 16.4. The highest BCUT2D eigenvalue weighted by molar-refractivity contribution is 7.99. The second-order valence-corrected chi connectivity index (χ2v) is 8.35. The monoisotopic (exact) mass is 391 g/mol. The summed E-state index contributed by atoms with van der Waals surface area (Å²) in [5.74, 6) is 0.956. The summed E-state index contributed by atoms with van der Waals surface area (Å²) in [6.07, 6.45) is 2.01. The Bertz CT molecular complexity index is 1010. The molecule has 4 rings (SSSR count). The lowest BCUT2D eigenvalue weighted by atomic mass is 10.1. The number of thioether (sulfide) groups is 1. The highest BCUT2D eigenvalue weighted by Gasteiger charge is 2.19. The number of anilines is 1. The Morgan fingerprint density at radius 2 is 2.00 bits per heavy atom. The number of aryl methyl sites for hydroxylation is 2. The van der Waals surface area contributed by atoms with Gasteiger partial charge in [0.1, 0.15) is 11.1 Å². The fraction of sp³-hybridized carbons (Fsp3) is 0.364. The van der Waals surface area contributed by atoms with Gasteiger partial charge in [-0.25, -0.2) is 4.98 Å². The van der Waals surface area contributed by atoms with Crippen molar-refractivity contribution in [2.24, 2.45) is 0 Å². The number of aromatic nitrogens is 2. The van der Waals surface area contributed by atoms with Gasteiger partial charge in [0, 0.05) is 67.0 Å². The first-order chi connectivity index (χ1) is 13.7. The molecule has 28 heavy (non-hydrogen) atoms. The molecule has 0 bridgehead atoms. The molecule has 1 fully saturated rings. The Labute approximate surface area is 170 Å². The van der Waals surface area contributed by atoms with Gasteiger partial charge in [0.25, 0.3) is 0 Å². The van der Waals surface area contributed by atoms with Crippen LogP contribution in [0.5, 0.6) is 0 Å². The highest BCUT2D eigenvalue weighted by Crippen LogP contribution is 2.27. The summed E-state index contributed by atoms with van der Waals surface area (Å²) < 4.78 is 0. The predicted molar refractivity (Wildman–Crippen MR) is 116 cm³/mol. The summed E-state index contributed by atoms with van der Waals surface area (Å²) in [6, 6.07) is 12.9. The van der Waals surface area contributed by atoms with E-state index in [0.717, 1.165) is 60.3 Å². The topological polar surface area (TPSA) is 59.0 Å². The van der Waals surface area contributed by atoms with Crippen LogP contribution in [0.1, 0.15) is 16.8 Å². The Morgan fingerprint density at radius 1 is 1.18 bits per heavy atom. The summed E-state index contributed by atoms with van der Waals surface area (Å²) in [7, 11) is 0. The lowest BCUT2D eigenvalue weighted by Crippen LogP contribution is -2.47. The van der Waals surface area contributed by atoms with Crippen molar-refractivity contribution in [3.8, 4) is 6.07 Å². The first-order valence-electron chi connectivity index (χ1n) is 9.70. The average Bonchev–Trinajstić information content (AvgIpc) is 3.17. The van der Waals surface area contributed by atoms with Crippen LogP contribution >= 0.6 is 11.8 Å². The Morgan fingerprint density at radius 3 is 2.79 bits per heavy atom. The lowest BCUT2D eigenvalue weighted by molar-refractivity contribution is 0.273. The normalized spacial score (nSPS) is 15.1. The molecule has 6 heteroatoms. The molecule has 0 atom stereocenters. The van der Waals surface area contributed by atoms with E-state index in [-0.39, 0.29) is 0 Å². The van der Waals surface area contributed by atoms with E-state index in [1.807, 2.05) is 26.1 Å². The standard InChI is InChI=1S/C22H25N5S/c1-16-14-17(2)25-22(19(16)15-23)28-13-12-26-8-10-27(11-9-26)21-5-3-4-20-18(21)6-7-24-20/h3-7,14,24H,8-13H2,1-2H3. The fourth-order valence-corrected chi connectivity index (χ4v) is 4.97. The maximum atomic E-state index is 9.41. The fourth-order valence-electron chi connectivity index (χ4n) is 3.87. The van der Waals surface area contributed by atoms with Crippen molar-refractivity contribution < 1.29 is 0 Å². The van der Waals surface area contributed by atoms with Gasteiger partial charge in [-0.3, -0.25) is 4.90 Å². The summed E-state index contributed by atoms with van der Waals surface area (Å²) in [4.78, 5) is 12.9. The van der Waals surface area contributed by atoms with Crippen LogP contribution < -0.4 is 4.90 Å². The minimum absolute atomic E-state index is 0.722. The van der Waals surface area contributed by atoms with E-state index in [1.54, 1.807) is 11.8 Å². The molecule has 0 saturated carbocycles. The molecule has 0 spiro atoms. The summed E-state index contributed by atoms with van der Waals surface area (Å²) in [5.41, 5.74) is 5.24. The number of fused-ring (bicyclic) bond motifs is 1. The number of nitrogens with one attached hydrogen (secondary N) is 1. The molecular formula is C22H25N5S. The SMILES string of the molecule is Cc1cc(C)c(C#N)c(SCCN2CCN(c3cccc4[nH]ccc34)CC2)n1. The Hall–Kier alpha value is -2.49. The molecule has 1 aliphatic heterocycles. The maximum absolute atomic E-state index is 9.41. The van der Waals surface area contributed by atoms with Gasteiger partial charge < -0.3 is 9.88 Å². The first kappa shape index (κ1) is 18.9. The minimum atomic E-state index is 0.722. The number of aromatic amines is 1. The number of hydrogen-bond donors (Lipinski definition) is 1. The van der Waals surface area contributed by atoms with E-state index >= 15 is 0 Å². The first-order valence-corrected chi connectivity index (χ1v) is 10.7. The van der Waals surface area contributed by atoms with E-state index in [0.29, 0.717) is 0 Å². The van der Waals surface area contributed by atoms with Crippen LogP contribution in [0.4, 0.5) is 5.69 Å². The maximum Gasteiger partial charge on any atom is 0.114 e. The molecule has 0 amide bonds. The predicted octanol–water partition coefficient (Wildman–Crippen LogP) is 3.97. The van der Waals surface area contributed by atoms with Crippen molar-refractivity contribution in [1.29, 1.82) is 5.26 Å². The molecule has 144 valence electrons. The van der Waals surface area contributed by atoms with Crippen LogP contribution in [-0.2, 0) is 0 Å². The van der Waals surface area contributed by atoms with Crippen molar-refractivity contribution in [2.75, 3.05) is 43.4 Å². The van der Waals surface area contributed by atoms with Gasteiger partial charge >= 0.3 is 0 Å². The third-order valence-electron chi connectivity index (χ3n) is 5.35. The molecule has 1 N–H and O–H groups in total. The van der Waals surface area contributed by atoms with E-state index in [1.165, 1.54) is 16.6 Å². The van der Waals surface area contributed by atoms with Crippen LogP contribution in [0, 0.1) is 25.2 Å². The van der Waals surface area contributed by atoms with Gasteiger partial charge in [-0.15, -0.1) is 11.8 Å². The van der Waals surface area contributed by atoms with Crippen molar-refractivity contribution in [2.45, 2.75) is 18.9 Å². The quantitative estimate of drug-likeness (QED) is 0.667.